The number of fused-ring (bicyclic) bond motifs is 1. The first kappa shape index (κ1) is 21.2. The lowest BCUT2D eigenvalue weighted by molar-refractivity contribution is 0.0594. The third-order valence-corrected chi connectivity index (χ3v) is 6.34. The zero-order valence-corrected chi connectivity index (χ0v) is 18.0. The predicted molar refractivity (Wildman–Crippen MR) is 112 cm³/mol. The molecule has 0 aromatic heterocycles. The molecule has 154 valence electrons. The number of ether oxygens (including phenoxy) is 1. The fraction of sp³-hybridized carbons (Fsp3) is 0.400. The second-order valence-electron chi connectivity index (χ2n) is 9.24. The van der Waals surface area contributed by atoms with E-state index in [0.717, 1.165) is 31.1 Å². The Morgan fingerprint density at radius 1 is 0.931 bits per heavy atom. The van der Waals surface area contributed by atoms with Gasteiger partial charge in [-0.1, -0.05) is 52.5 Å². The molecule has 0 saturated carbocycles. The summed E-state index contributed by atoms with van der Waals surface area (Å²) in [6.07, 6.45) is 2.15. The number of carbonyl (C=O) groups excluding carboxylic acids is 1. The van der Waals surface area contributed by atoms with E-state index < -0.39 is 23.2 Å². The number of esters is 1. The van der Waals surface area contributed by atoms with Gasteiger partial charge in [-0.25, -0.2) is 13.6 Å². The molecule has 0 bridgehead atoms. The lowest BCUT2D eigenvalue weighted by atomic mass is 9.62. The molecule has 1 aliphatic carbocycles. The number of carbonyl (C=O) groups is 1. The van der Waals surface area contributed by atoms with Crippen LogP contribution in [0, 0.1) is 18.6 Å². The van der Waals surface area contributed by atoms with Crippen LogP contribution in [0.1, 0.15) is 78.7 Å². The standard InChI is InChI=1S/C25H28F2O2/c1-14-12-19-20(25(5,6)11-10-24(19,3)4)13-18(14)15(2)16-8-9-17(23(28)29-7)22(27)21(16)26/h8-9,12-13H,2,10-11H2,1,3-7H3. The summed E-state index contributed by atoms with van der Waals surface area (Å²) >= 11 is 0. The van der Waals surface area contributed by atoms with Crippen LogP contribution in [0.2, 0.25) is 0 Å². The Balaban J connectivity index is 2.14. The van der Waals surface area contributed by atoms with E-state index in [1.165, 1.54) is 23.3 Å². The summed E-state index contributed by atoms with van der Waals surface area (Å²) in [6.45, 7) is 15.0. The molecule has 0 aliphatic heterocycles. The van der Waals surface area contributed by atoms with Crippen molar-refractivity contribution in [2.45, 2.75) is 58.3 Å². The first-order valence-corrected chi connectivity index (χ1v) is 9.82. The fourth-order valence-electron chi connectivity index (χ4n) is 4.24. The normalized spacial score (nSPS) is 16.8. The van der Waals surface area contributed by atoms with Gasteiger partial charge in [0.2, 0.25) is 0 Å². The molecule has 2 aromatic rings. The van der Waals surface area contributed by atoms with Crippen molar-refractivity contribution >= 4 is 11.5 Å². The molecule has 29 heavy (non-hydrogen) atoms. The van der Waals surface area contributed by atoms with Crippen molar-refractivity contribution < 1.29 is 18.3 Å². The van der Waals surface area contributed by atoms with Gasteiger partial charge in [-0.15, -0.1) is 0 Å². The highest BCUT2D eigenvalue weighted by atomic mass is 19.2. The number of hydrogen-bond acceptors (Lipinski definition) is 2. The number of aryl methyl sites for hydroxylation is 1. The highest BCUT2D eigenvalue weighted by Crippen LogP contribution is 2.47. The average Bonchev–Trinajstić information content (AvgIpc) is 2.66. The van der Waals surface area contributed by atoms with Crippen LogP contribution in [0.25, 0.3) is 5.57 Å². The number of benzene rings is 2. The minimum atomic E-state index is -1.22. The van der Waals surface area contributed by atoms with Crippen LogP contribution >= 0.6 is 0 Å². The SMILES string of the molecule is C=C(c1cc2c(cc1C)C(C)(C)CCC2(C)C)c1ccc(C(=O)OC)c(F)c1F. The van der Waals surface area contributed by atoms with Gasteiger partial charge in [0.15, 0.2) is 11.6 Å². The summed E-state index contributed by atoms with van der Waals surface area (Å²) in [6, 6.07) is 6.87. The van der Waals surface area contributed by atoms with Gasteiger partial charge in [0.1, 0.15) is 0 Å². The average molecular weight is 398 g/mol. The molecule has 0 atom stereocenters. The summed E-state index contributed by atoms with van der Waals surface area (Å²) in [7, 11) is 1.13. The molecule has 0 radical (unpaired) electrons. The molecule has 0 saturated heterocycles. The Morgan fingerprint density at radius 3 is 1.97 bits per heavy atom. The zero-order valence-electron chi connectivity index (χ0n) is 18.0. The van der Waals surface area contributed by atoms with E-state index in [4.69, 9.17) is 0 Å². The third-order valence-electron chi connectivity index (χ3n) is 6.34. The number of halogens is 2. The van der Waals surface area contributed by atoms with E-state index in [2.05, 4.69) is 51.1 Å². The van der Waals surface area contributed by atoms with Gasteiger partial charge in [0, 0.05) is 5.56 Å². The second-order valence-corrected chi connectivity index (χ2v) is 9.24. The summed E-state index contributed by atoms with van der Waals surface area (Å²) in [5.74, 6) is -3.21. The highest BCUT2D eigenvalue weighted by Gasteiger charge is 2.37. The molecule has 0 heterocycles. The number of hydrogen-bond donors (Lipinski definition) is 0. The van der Waals surface area contributed by atoms with Crippen LogP contribution in [0.15, 0.2) is 30.8 Å². The van der Waals surface area contributed by atoms with Crippen molar-refractivity contribution in [3.8, 4) is 0 Å². The summed E-state index contributed by atoms with van der Waals surface area (Å²) in [4.78, 5) is 11.6. The van der Waals surface area contributed by atoms with E-state index in [0.29, 0.717) is 5.57 Å². The minimum absolute atomic E-state index is 0.00782. The van der Waals surface area contributed by atoms with Crippen molar-refractivity contribution in [2.24, 2.45) is 0 Å². The van der Waals surface area contributed by atoms with Gasteiger partial charge in [0.25, 0.3) is 0 Å². The van der Waals surface area contributed by atoms with E-state index in [9.17, 15) is 13.6 Å². The van der Waals surface area contributed by atoms with Crippen LogP contribution in [-0.2, 0) is 15.6 Å². The van der Waals surface area contributed by atoms with E-state index >= 15 is 0 Å². The van der Waals surface area contributed by atoms with E-state index in [1.54, 1.807) is 0 Å². The lowest BCUT2D eigenvalue weighted by Gasteiger charge is -2.42. The monoisotopic (exact) mass is 398 g/mol. The van der Waals surface area contributed by atoms with Gasteiger partial charge in [-0.3, -0.25) is 0 Å². The molecule has 2 aromatic carbocycles. The molecule has 3 rings (SSSR count). The maximum atomic E-state index is 14.8. The lowest BCUT2D eigenvalue weighted by Crippen LogP contribution is -2.34. The van der Waals surface area contributed by atoms with Crippen molar-refractivity contribution in [3.63, 3.8) is 0 Å². The van der Waals surface area contributed by atoms with E-state index in [-0.39, 0.29) is 16.4 Å². The van der Waals surface area contributed by atoms with Crippen LogP contribution in [-0.4, -0.2) is 13.1 Å². The van der Waals surface area contributed by atoms with Crippen LogP contribution < -0.4 is 0 Å². The van der Waals surface area contributed by atoms with Crippen molar-refractivity contribution in [1.29, 1.82) is 0 Å². The molecule has 1 aliphatic rings. The highest BCUT2D eigenvalue weighted by molar-refractivity contribution is 5.91. The molecule has 0 unspecified atom stereocenters. The van der Waals surface area contributed by atoms with Crippen molar-refractivity contribution in [1.82, 2.24) is 0 Å². The van der Waals surface area contributed by atoms with Gasteiger partial charge < -0.3 is 4.74 Å². The van der Waals surface area contributed by atoms with E-state index in [1.807, 2.05) is 6.92 Å². The van der Waals surface area contributed by atoms with Gasteiger partial charge in [-0.05, 0) is 64.5 Å². The Kier molecular flexibility index (Phi) is 5.18. The summed E-state index contributed by atoms with van der Waals surface area (Å²) in [5.41, 5.74) is 4.37. The molecule has 0 N–H and O–H groups in total. The molecule has 0 amide bonds. The smallest absolute Gasteiger partial charge is 0.340 e. The fourth-order valence-corrected chi connectivity index (χ4v) is 4.24. The molecule has 0 spiro atoms. The summed E-state index contributed by atoms with van der Waals surface area (Å²) < 4.78 is 33.8. The van der Waals surface area contributed by atoms with Crippen molar-refractivity contribution in [3.05, 3.63) is 75.9 Å². The molecule has 4 heteroatoms. The predicted octanol–water partition coefficient (Wildman–Crippen LogP) is 6.47. The van der Waals surface area contributed by atoms with Crippen LogP contribution in [0.4, 0.5) is 8.78 Å². The minimum Gasteiger partial charge on any atom is -0.465 e. The van der Waals surface area contributed by atoms with Crippen LogP contribution in [0.5, 0.6) is 0 Å². The quantitative estimate of drug-likeness (QED) is 0.554. The van der Waals surface area contributed by atoms with Gasteiger partial charge in [-0.2, -0.15) is 0 Å². The Hall–Kier alpha value is -2.49. The zero-order chi connectivity index (χ0) is 21.7. The number of rotatable bonds is 3. The Labute approximate surface area is 171 Å². The maximum Gasteiger partial charge on any atom is 0.340 e. The maximum absolute atomic E-state index is 14.8. The topological polar surface area (TPSA) is 26.3 Å². The second kappa shape index (κ2) is 7.08. The summed E-state index contributed by atoms with van der Waals surface area (Å²) in [5, 5.41) is 0. The molecular weight excluding hydrogens is 370 g/mol. The first-order chi connectivity index (χ1) is 13.4. The van der Waals surface area contributed by atoms with Gasteiger partial charge >= 0.3 is 5.97 Å². The molecule has 2 nitrogen and oxygen atoms in total. The Morgan fingerprint density at radius 2 is 1.41 bits per heavy atom. The Bertz CT molecular complexity index is 1020. The molecular formula is C25H28F2O2. The van der Waals surface area contributed by atoms with Gasteiger partial charge in [0.05, 0.1) is 12.7 Å². The first-order valence-electron chi connectivity index (χ1n) is 9.82. The number of methoxy groups -OCH3 is 1. The largest absolute Gasteiger partial charge is 0.465 e. The van der Waals surface area contributed by atoms with Crippen molar-refractivity contribution in [2.75, 3.05) is 7.11 Å². The molecule has 0 fully saturated rings. The van der Waals surface area contributed by atoms with Crippen LogP contribution in [0.3, 0.4) is 0 Å². The third kappa shape index (κ3) is 3.50.